The normalized spacial score (nSPS) is 11.6. The van der Waals surface area contributed by atoms with Crippen molar-refractivity contribution >= 4 is 0 Å². The van der Waals surface area contributed by atoms with Crippen LogP contribution in [0.4, 0.5) is 0 Å². The molecule has 0 spiro atoms. The largest absolute Gasteiger partial charge is 0.417 e. The van der Waals surface area contributed by atoms with E-state index in [9.17, 15) is 0 Å². The fourth-order valence-corrected chi connectivity index (χ4v) is 0.336. The predicted octanol–water partition coefficient (Wildman–Crippen LogP) is 1.19. The predicted molar refractivity (Wildman–Crippen MR) is 29.3 cm³/mol. The average molecular weight is 101 g/mol. The molecule has 0 unspecified atom stereocenters. The lowest BCUT2D eigenvalue weighted by Gasteiger charge is -1.92. The molecule has 2 nitrogen and oxygen atoms in total. The van der Waals surface area contributed by atoms with Crippen LogP contribution in [0.3, 0.4) is 0 Å². The Morgan fingerprint density at radius 2 is 2.43 bits per heavy atom. The second-order valence-electron chi connectivity index (χ2n) is 1.34. The van der Waals surface area contributed by atoms with Gasteiger partial charge >= 0.3 is 0 Å². The van der Waals surface area contributed by atoms with Crippen molar-refractivity contribution in [1.29, 1.82) is 0 Å². The van der Waals surface area contributed by atoms with Crippen LogP contribution < -0.4 is 5.90 Å². The minimum atomic E-state index is 0.780. The molecule has 0 heterocycles. The smallest absolute Gasteiger partial charge is 0.116 e. The van der Waals surface area contributed by atoms with Crippen LogP contribution in [0.2, 0.25) is 0 Å². The third-order valence-electron chi connectivity index (χ3n) is 0.677. The van der Waals surface area contributed by atoms with E-state index in [4.69, 9.17) is 5.90 Å². The third kappa shape index (κ3) is 3.33. The molecule has 0 aliphatic carbocycles. The highest BCUT2D eigenvalue weighted by Crippen LogP contribution is 1.90. The van der Waals surface area contributed by atoms with Gasteiger partial charge in [0.05, 0.1) is 0 Å². The molecule has 2 N–H and O–H groups in total. The molecule has 0 saturated heterocycles. The summed E-state index contributed by atoms with van der Waals surface area (Å²) in [5.41, 5.74) is 0. The summed E-state index contributed by atoms with van der Waals surface area (Å²) in [6.45, 7) is 3.85. The monoisotopic (exact) mass is 101 g/mol. The third-order valence-corrected chi connectivity index (χ3v) is 0.677. The lowest BCUT2D eigenvalue weighted by molar-refractivity contribution is 0.221. The van der Waals surface area contributed by atoms with Gasteiger partial charge in [0.1, 0.15) is 5.76 Å². The minimum Gasteiger partial charge on any atom is -0.417 e. The van der Waals surface area contributed by atoms with Crippen molar-refractivity contribution in [2.24, 2.45) is 5.90 Å². The van der Waals surface area contributed by atoms with Crippen LogP contribution >= 0.6 is 0 Å². The van der Waals surface area contributed by atoms with Crippen LogP contribution in [0, 0.1) is 0 Å². The van der Waals surface area contributed by atoms with Gasteiger partial charge in [0.2, 0.25) is 0 Å². The van der Waals surface area contributed by atoms with E-state index in [1.807, 2.05) is 19.9 Å². The van der Waals surface area contributed by atoms with Crippen LogP contribution in [-0.2, 0) is 4.84 Å². The van der Waals surface area contributed by atoms with Gasteiger partial charge in [-0.2, -0.15) is 5.90 Å². The second kappa shape index (κ2) is 3.68. The topological polar surface area (TPSA) is 35.2 Å². The van der Waals surface area contributed by atoms with Gasteiger partial charge in [-0.3, -0.25) is 0 Å². The molecule has 0 saturated carbocycles. The SMILES string of the molecule is CC/C=C(\C)ON. The molecular formula is C5H11NO. The molecule has 0 amide bonds. The highest BCUT2D eigenvalue weighted by molar-refractivity contribution is 4.85. The number of hydrogen-bond acceptors (Lipinski definition) is 2. The Hall–Kier alpha value is -0.500. The van der Waals surface area contributed by atoms with Crippen LogP contribution in [0.5, 0.6) is 0 Å². The Labute approximate surface area is 43.9 Å². The second-order valence-corrected chi connectivity index (χ2v) is 1.34. The van der Waals surface area contributed by atoms with Gasteiger partial charge in [-0.1, -0.05) is 6.92 Å². The standard InChI is InChI=1S/C5H11NO/c1-3-4-5(2)7-6/h4H,3,6H2,1-2H3/b5-4+. The Bertz CT molecular complexity index is 68.5. The van der Waals surface area contributed by atoms with Gasteiger partial charge in [0.25, 0.3) is 0 Å². The number of allylic oxidation sites excluding steroid dienone is 2. The zero-order chi connectivity index (χ0) is 5.70. The van der Waals surface area contributed by atoms with E-state index in [0.29, 0.717) is 0 Å². The summed E-state index contributed by atoms with van der Waals surface area (Å²) in [5, 5.41) is 0. The average Bonchev–Trinajstić information content (AvgIpc) is 1.68. The maximum absolute atomic E-state index is 4.79. The molecule has 0 radical (unpaired) electrons. The highest BCUT2D eigenvalue weighted by atomic mass is 16.6. The molecule has 2 heteroatoms. The van der Waals surface area contributed by atoms with Crippen LogP contribution in [0.25, 0.3) is 0 Å². The molecule has 0 atom stereocenters. The maximum atomic E-state index is 4.79. The Balaban J connectivity index is 3.29. The van der Waals surface area contributed by atoms with E-state index in [2.05, 4.69) is 4.84 Å². The number of nitrogens with two attached hydrogens (primary N) is 1. The lowest BCUT2D eigenvalue weighted by Crippen LogP contribution is -1.94. The Morgan fingerprint density at radius 3 is 2.57 bits per heavy atom. The summed E-state index contributed by atoms with van der Waals surface area (Å²) in [5.74, 6) is 5.57. The molecule has 0 aliphatic rings. The molecule has 0 aromatic carbocycles. The summed E-state index contributed by atoms with van der Waals surface area (Å²) in [4.78, 5) is 4.35. The molecule has 0 aromatic rings. The molecule has 0 aliphatic heterocycles. The zero-order valence-corrected chi connectivity index (χ0v) is 4.77. The van der Waals surface area contributed by atoms with Crippen molar-refractivity contribution in [2.45, 2.75) is 20.3 Å². The van der Waals surface area contributed by atoms with Gasteiger partial charge in [0.15, 0.2) is 0 Å². The quantitative estimate of drug-likeness (QED) is 0.419. The van der Waals surface area contributed by atoms with E-state index in [1.54, 1.807) is 0 Å². The lowest BCUT2D eigenvalue weighted by atomic mass is 10.4. The highest BCUT2D eigenvalue weighted by Gasteiger charge is 1.77. The first-order valence-electron chi connectivity index (χ1n) is 2.34. The zero-order valence-electron chi connectivity index (χ0n) is 4.77. The maximum Gasteiger partial charge on any atom is 0.116 e. The minimum absolute atomic E-state index is 0.780. The first kappa shape index (κ1) is 6.50. The summed E-state index contributed by atoms with van der Waals surface area (Å²) >= 11 is 0. The van der Waals surface area contributed by atoms with Gasteiger partial charge < -0.3 is 4.84 Å². The molecular weight excluding hydrogens is 90.1 g/mol. The van der Waals surface area contributed by atoms with Gasteiger partial charge in [0, 0.05) is 0 Å². The number of hydrogen-bond donors (Lipinski definition) is 1. The Kier molecular flexibility index (Phi) is 3.42. The molecule has 0 fully saturated rings. The summed E-state index contributed by atoms with van der Waals surface area (Å²) < 4.78 is 0. The van der Waals surface area contributed by atoms with E-state index in [0.717, 1.165) is 12.2 Å². The fraction of sp³-hybridized carbons (Fsp3) is 0.600. The summed E-state index contributed by atoms with van der Waals surface area (Å²) in [7, 11) is 0. The van der Waals surface area contributed by atoms with Crippen LogP contribution in [0.15, 0.2) is 11.8 Å². The van der Waals surface area contributed by atoms with E-state index < -0.39 is 0 Å². The van der Waals surface area contributed by atoms with Crippen molar-refractivity contribution in [1.82, 2.24) is 0 Å². The summed E-state index contributed by atoms with van der Waals surface area (Å²) in [6, 6.07) is 0. The molecule has 7 heavy (non-hydrogen) atoms. The van der Waals surface area contributed by atoms with Crippen LogP contribution in [0.1, 0.15) is 20.3 Å². The first-order valence-corrected chi connectivity index (χ1v) is 2.34. The molecule has 0 aromatic heterocycles. The fourth-order valence-electron chi connectivity index (χ4n) is 0.336. The van der Waals surface area contributed by atoms with E-state index in [1.165, 1.54) is 0 Å². The van der Waals surface area contributed by atoms with Gasteiger partial charge in [-0.05, 0) is 19.4 Å². The Morgan fingerprint density at radius 1 is 1.86 bits per heavy atom. The van der Waals surface area contributed by atoms with Crippen molar-refractivity contribution in [2.75, 3.05) is 0 Å². The van der Waals surface area contributed by atoms with Gasteiger partial charge in [-0.25, -0.2) is 0 Å². The van der Waals surface area contributed by atoms with E-state index >= 15 is 0 Å². The van der Waals surface area contributed by atoms with Crippen molar-refractivity contribution < 1.29 is 4.84 Å². The molecule has 0 bridgehead atoms. The summed E-state index contributed by atoms with van der Waals surface area (Å²) in [6.07, 6.45) is 2.89. The molecule has 0 rings (SSSR count). The first-order chi connectivity index (χ1) is 3.31. The van der Waals surface area contributed by atoms with Gasteiger partial charge in [-0.15, -0.1) is 0 Å². The molecule has 42 valence electrons. The number of rotatable bonds is 2. The van der Waals surface area contributed by atoms with Crippen molar-refractivity contribution in [3.63, 3.8) is 0 Å². The van der Waals surface area contributed by atoms with E-state index in [-0.39, 0.29) is 0 Å². The van der Waals surface area contributed by atoms with Crippen molar-refractivity contribution in [3.8, 4) is 0 Å². The van der Waals surface area contributed by atoms with Crippen LogP contribution in [-0.4, -0.2) is 0 Å². The van der Waals surface area contributed by atoms with Crippen molar-refractivity contribution in [3.05, 3.63) is 11.8 Å².